The zero-order chi connectivity index (χ0) is 15.2. The van der Waals surface area contributed by atoms with Gasteiger partial charge in [0.05, 0.1) is 4.47 Å². The van der Waals surface area contributed by atoms with E-state index < -0.39 is 0 Å². The largest absolute Gasteiger partial charge is 0.310 e. The molecule has 0 aliphatic rings. The van der Waals surface area contributed by atoms with E-state index in [0.717, 1.165) is 24.9 Å². The Balaban J connectivity index is 2.25. The lowest BCUT2D eigenvalue weighted by molar-refractivity contribution is 0.495. The van der Waals surface area contributed by atoms with Gasteiger partial charge in [0.15, 0.2) is 0 Å². The van der Waals surface area contributed by atoms with Gasteiger partial charge in [-0.05, 0) is 53.9 Å². The molecule has 1 N–H and O–H groups in total. The van der Waals surface area contributed by atoms with E-state index in [-0.39, 0.29) is 11.9 Å². The molecule has 0 aliphatic heterocycles. The minimum absolute atomic E-state index is 0.00911. The first-order chi connectivity index (χ1) is 10.1. The van der Waals surface area contributed by atoms with E-state index in [0.29, 0.717) is 4.47 Å². The molecule has 2 aromatic carbocycles. The van der Waals surface area contributed by atoms with Gasteiger partial charge in [-0.15, -0.1) is 0 Å². The normalized spacial score (nSPS) is 12.4. The maximum absolute atomic E-state index is 14.4. The summed E-state index contributed by atoms with van der Waals surface area (Å²) in [5.74, 6) is -0.168. The SMILES string of the molecule is CCCNC(Cc1ccc(C)cc1)c1cccc(Br)c1F. The van der Waals surface area contributed by atoms with Gasteiger partial charge in [-0.3, -0.25) is 0 Å². The van der Waals surface area contributed by atoms with Crippen LogP contribution in [0, 0.1) is 12.7 Å². The van der Waals surface area contributed by atoms with Crippen LogP contribution in [0.4, 0.5) is 4.39 Å². The second-order valence-corrected chi connectivity index (χ2v) is 6.19. The molecule has 0 amide bonds. The average Bonchev–Trinajstić information content (AvgIpc) is 2.48. The van der Waals surface area contributed by atoms with Gasteiger partial charge in [-0.1, -0.05) is 48.9 Å². The van der Waals surface area contributed by atoms with Gasteiger partial charge in [-0.25, -0.2) is 4.39 Å². The fraction of sp³-hybridized carbons (Fsp3) is 0.333. The first kappa shape index (κ1) is 16.2. The van der Waals surface area contributed by atoms with Crippen LogP contribution in [0.1, 0.15) is 36.1 Å². The number of halogens is 2. The average molecular weight is 350 g/mol. The molecule has 1 unspecified atom stereocenters. The number of benzene rings is 2. The van der Waals surface area contributed by atoms with Crippen LogP contribution in [0.2, 0.25) is 0 Å². The Morgan fingerprint density at radius 3 is 2.52 bits per heavy atom. The smallest absolute Gasteiger partial charge is 0.142 e. The second kappa shape index (κ2) is 7.71. The molecule has 0 aromatic heterocycles. The lowest BCUT2D eigenvalue weighted by atomic mass is 9.97. The van der Waals surface area contributed by atoms with Crippen LogP contribution in [-0.4, -0.2) is 6.54 Å². The Morgan fingerprint density at radius 1 is 1.14 bits per heavy atom. The van der Waals surface area contributed by atoms with Crippen molar-refractivity contribution in [2.24, 2.45) is 0 Å². The van der Waals surface area contributed by atoms with E-state index >= 15 is 0 Å². The van der Waals surface area contributed by atoms with Crippen LogP contribution in [0.15, 0.2) is 46.9 Å². The fourth-order valence-electron chi connectivity index (χ4n) is 2.36. The van der Waals surface area contributed by atoms with Gasteiger partial charge in [0.2, 0.25) is 0 Å². The Morgan fingerprint density at radius 2 is 1.86 bits per heavy atom. The van der Waals surface area contributed by atoms with Crippen LogP contribution < -0.4 is 5.32 Å². The van der Waals surface area contributed by atoms with Crippen molar-refractivity contribution in [1.82, 2.24) is 5.32 Å². The molecular formula is C18H21BrFN. The molecule has 0 spiro atoms. The summed E-state index contributed by atoms with van der Waals surface area (Å²) in [6.07, 6.45) is 1.81. The van der Waals surface area contributed by atoms with Crippen LogP contribution in [0.25, 0.3) is 0 Å². The predicted molar refractivity (Wildman–Crippen MR) is 90.0 cm³/mol. The summed E-state index contributed by atoms with van der Waals surface area (Å²) in [7, 11) is 0. The van der Waals surface area contributed by atoms with Gasteiger partial charge in [0.1, 0.15) is 5.82 Å². The highest BCUT2D eigenvalue weighted by atomic mass is 79.9. The molecule has 21 heavy (non-hydrogen) atoms. The van der Waals surface area contributed by atoms with Crippen molar-refractivity contribution in [2.75, 3.05) is 6.54 Å². The van der Waals surface area contributed by atoms with Crippen molar-refractivity contribution in [3.8, 4) is 0 Å². The molecule has 0 saturated carbocycles. The highest BCUT2D eigenvalue weighted by molar-refractivity contribution is 9.10. The zero-order valence-electron chi connectivity index (χ0n) is 12.5. The molecule has 3 heteroatoms. The molecule has 0 heterocycles. The number of hydrogen-bond acceptors (Lipinski definition) is 1. The van der Waals surface area contributed by atoms with Crippen molar-refractivity contribution in [3.63, 3.8) is 0 Å². The summed E-state index contributed by atoms with van der Waals surface area (Å²) in [5.41, 5.74) is 3.18. The van der Waals surface area contributed by atoms with Gasteiger partial charge < -0.3 is 5.32 Å². The van der Waals surface area contributed by atoms with E-state index in [2.05, 4.69) is 59.4 Å². The van der Waals surface area contributed by atoms with E-state index in [9.17, 15) is 4.39 Å². The molecule has 0 bridgehead atoms. The van der Waals surface area contributed by atoms with E-state index in [4.69, 9.17) is 0 Å². The summed E-state index contributed by atoms with van der Waals surface area (Å²) >= 11 is 3.27. The molecular weight excluding hydrogens is 329 g/mol. The van der Waals surface area contributed by atoms with Gasteiger partial charge in [-0.2, -0.15) is 0 Å². The Labute approximate surface area is 134 Å². The summed E-state index contributed by atoms with van der Waals surface area (Å²) in [6.45, 7) is 5.07. The molecule has 112 valence electrons. The summed E-state index contributed by atoms with van der Waals surface area (Å²) in [4.78, 5) is 0. The molecule has 2 rings (SSSR count). The second-order valence-electron chi connectivity index (χ2n) is 5.34. The molecule has 1 nitrogen and oxygen atoms in total. The Kier molecular flexibility index (Phi) is 5.95. The Bertz CT molecular complexity index is 580. The number of nitrogens with one attached hydrogen (secondary N) is 1. The quantitative estimate of drug-likeness (QED) is 0.757. The number of hydrogen-bond donors (Lipinski definition) is 1. The minimum atomic E-state index is -0.168. The van der Waals surface area contributed by atoms with Crippen LogP contribution in [0.5, 0.6) is 0 Å². The zero-order valence-corrected chi connectivity index (χ0v) is 14.1. The minimum Gasteiger partial charge on any atom is -0.310 e. The van der Waals surface area contributed by atoms with Gasteiger partial charge in [0, 0.05) is 11.6 Å². The first-order valence-corrected chi connectivity index (χ1v) is 8.14. The van der Waals surface area contributed by atoms with Gasteiger partial charge >= 0.3 is 0 Å². The van der Waals surface area contributed by atoms with Crippen molar-refractivity contribution in [3.05, 3.63) is 69.4 Å². The lowest BCUT2D eigenvalue weighted by Crippen LogP contribution is -2.25. The standard InChI is InChI=1S/C18H21BrFN/c1-3-11-21-17(12-14-9-7-13(2)8-10-14)15-5-4-6-16(19)18(15)20/h4-10,17,21H,3,11-12H2,1-2H3. The van der Waals surface area contributed by atoms with E-state index in [1.165, 1.54) is 11.1 Å². The third-order valence-corrected chi connectivity index (χ3v) is 4.17. The molecule has 0 aliphatic carbocycles. The fourth-order valence-corrected chi connectivity index (χ4v) is 2.74. The maximum Gasteiger partial charge on any atom is 0.142 e. The maximum atomic E-state index is 14.4. The topological polar surface area (TPSA) is 12.0 Å². The van der Waals surface area contributed by atoms with Crippen molar-refractivity contribution < 1.29 is 4.39 Å². The van der Waals surface area contributed by atoms with Crippen molar-refractivity contribution in [2.45, 2.75) is 32.7 Å². The number of aryl methyl sites for hydroxylation is 1. The highest BCUT2D eigenvalue weighted by Crippen LogP contribution is 2.26. The third kappa shape index (κ3) is 4.39. The van der Waals surface area contributed by atoms with Crippen molar-refractivity contribution in [1.29, 1.82) is 0 Å². The molecule has 0 saturated heterocycles. The molecule has 0 radical (unpaired) electrons. The third-order valence-electron chi connectivity index (χ3n) is 3.56. The molecule has 1 atom stereocenters. The van der Waals surface area contributed by atoms with Crippen LogP contribution in [-0.2, 0) is 6.42 Å². The number of rotatable bonds is 6. The monoisotopic (exact) mass is 349 g/mol. The van der Waals surface area contributed by atoms with Crippen molar-refractivity contribution >= 4 is 15.9 Å². The summed E-state index contributed by atoms with van der Waals surface area (Å²) < 4.78 is 14.9. The predicted octanol–water partition coefficient (Wildman–Crippen LogP) is 5.18. The summed E-state index contributed by atoms with van der Waals surface area (Å²) in [5, 5.41) is 3.46. The summed E-state index contributed by atoms with van der Waals surface area (Å²) in [6, 6.07) is 13.9. The first-order valence-electron chi connectivity index (χ1n) is 7.34. The lowest BCUT2D eigenvalue weighted by Gasteiger charge is -2.20. The van der Waals surface area contributed by atoms with Gasteiger partial charge in [0.25, 0.3) is 0 Å². The van der Waals surface area contributed by atoms with Crippen LogP contribution in [0.3, 0.4) is 0 Å². The Hall–Kier alpha value is -1.19. The molecule has 0 fully saturated rings. The van der Waals surface area contributed by atoms with E-state index in [1.54, 1.807) is 6.07 Å². The molecule has 2 aromatic rings. The van der Waals surface area contributed by atoms with E-state index in [1.807, 2.05) is 12.1 Å². The van der Waals surface area contributed by atoms with Crippen LogP contribution >= 0.6 is 15.9 Å². The highest BCUT2D eigenvalue weighted by Gasteiger charge is 2.17.